The van der Waals surface area contributed by atoms with E-state index in [4.69, 9.17) is 0 Å². The van der Waals surface area contributed by atoms with Crippen LogP contribution in [0.25, 0.3) is 0 Å². The van der Waals surface area contributed by atoms with Crippen molar-refractivity contribution in [3.05, 3.63) is 71.8 Å². The maximum absolute atomic E-state index is 4.58. The monoisotopic (exact) mass is 236 g/mol. The van der Waals surface area contributed by atoms with Crippen LogP contribution in [0, 0.1) is 0 Å². The molecule has 1 unspecified atom stereocenters. The Labute approximate surface area is 108 Å². The van der Waals surface area contributed by atoms with Gasteiger partial charge in [-0.3, -0.25) is 4.99 Å². The zero-order valence-electron chi connectivity index (χ0n) is 10.2. The van der Waals surface area contributed by atoms with Crippen LogP contribution < -0.4 is 0 Å². The normalized spacial score (nSPS) is 18.2. The van der Waals surface area contributed by atoms with Crippen molar-refractivity contribution in [3.63, 3.8) is 0 Å². The van der Waals surface area contributed by atoms with E-state index in [-0.39, 0.29) is 6.04 Å². The lowest BCUT2D eigenvalue weighted by molar-refractivity contribution is 0.430. The summed E-state index contributed by atoms with van der Waals surface area (Å²) < 4.78 is 0. The smallest absolute Gasteiger partial charge is 0.0941 e. The molecule has 1 atom stereocenters. The molecular weight excluding hydrogens is 220 g/mol. The molecule has 0 N–H and O–H groups in total. The van der Waals surface area contributed by atoms with E-state index in [9.17, 15) is 0 Å². The van der Waals surface area contributed by atoms with Gasteiger partial charge in [-0.25, -0.2) is 0 Å². The average Bonchev–Trinajstić information content (AvgIpc) is 2.89. The van der Waals surface area contributed by atoms with Crippen LogP contribution in [0.4, 0.5) is 0 Å². The molecule has 0 saturated carbocycles. The van der Waals surface area contributed by atoms with Crippen molar-refractivity contribution in [3.8, 4) is 0 Å². The Balaban J connectivity index is 1.65. The van der Waals surface area contributed by atoms with Gasteiger partial charge in [-0.15, -0.1) is 0 Å². The van der Waals surface area contributed by atoms with Crippen LogP contribution in [-0.2, 0) is 6.54 Å². The molecule has 0 aliphatic carbocycles. The second-order valence-electron chi connectivity index (χ2n) is 4.61. The lowest BCUT2D eigenvalue weighted by atomic mass is 10.1. The van der Waals surface area contributed by atoms with Crippen molar-refractivity contribution >= 4 is 6.34 Å². The summed E-state index contributed by atoms with van der Waals surface area (Å²) >= 11 is 0. The molecule has 0 bridgehead atoms. The van der Waals surface area contributed by atoms with Crippen LogP contribution in [0.5, 0.6) is 0 Å². The van der Waals surface area contributed by atoms with Crippen molar-refractivity contribution in [2.75, 3.05) is 6.54 Å². The Bertz CT molecular complexity index is 519. The molecule has 3 rings (SSSR count). The van der Waals surface area contributed by atoms with Crippen LogP contribution >= 0.6 is 0 Å². The van der Waals surface area contributed by atoms with E-state index in [0.717, 1.165) is 13.1 Å². The Morgan fingerprint density at radius 2 is 1.61 bits per heavy atom. The summed E-state index contributed by atoms with van der Waals surface area (Å²) in [6, 6.07) is 21.3. The van der Waals surface area contributed by atoms with E-state index in [2.05, 4.69) is 58.4 Å². The van der Waals surface area contributed by atoms with Crippen LogP contribution in [0.1, 0.15) is 17.2 Å². The van der Waals surface area contributed by atoms with Crippen LogP contribution in [0.3, 0.4) is 0 Å². The zero-order valence-corrected chi connectivity index (χ0v) is 10.2. The minimum Gasteiger partial charge on any atom is -0.356 e. The number of rotatable bonds is 3. The molecule has 1 aliphatic rings. The first-order valence-electron chi connectivity index (χ1n) is 6.28. The minimum absolute atomic E-state index is 0.287. The van der Waals surface area contributed by atoms with Crippen molar-refractivity contribution in [2.24, 2.45) is 4.99 Å². The lowest BCUT2D eigenvalue weighted by Crippen LogP contribution is -2.20. The molecule has 90 valence electrons. The van der Waals surface area contributed by atoms with Gasteiger partial charge in [0.15, 0.2) is 0 Å². The van der Waals surface area contributed by atoms with Crippen LogP contribution in [-0.4, -0.2) is 17.8 Å². The predicted molar refractivity (Wildman–Crippen MR) is 74.5 cm³/mol. The first-order valence-corrected chi connectivity index (χ1v) is 6.28. The molecule has 0 amide bonds. The molecule has 1 heterocycles. The Morgan fingerprint density at radius 3 is 2.33 bits per heavy atom. The highest BCUT2D eigenvalue weighted by atomic mass is 15.2. The molecule has 0 aromatic heterocycles. The van der Waals surface area contributed by atoms with Gasteiger partial charge in [-0.2, -0.15) is 0 Å². The Hall–Kier alpha value is -2.09. The van der Waals surface area contributed by atoms with E-state index in [1.807, 2.05) is 18.5 Å². The maximum Gasteiger partial charge on any atom is 0.0941 e. The summed E-state index contributed by atoms with van der Waals surface area (Å²) in [5, 5.41) is 0. The molecule has 0 fully saturated rings. The van der Waals surface area contributed by atoms with Gasteiger partial charge >= 0.3 is 0 Å². The zero-order chi connectivity index (χ0) is 12.2. The molecule has 0 spiro atoms. The summed E-state index contributed by atoms with van der Waals surface area (Å²) in [6.07, 6.45) is 1.98. The van der Waals surface area contributed by atoms with E-state index in [1.54, 1.807) is 0 Å². The van der Waals surface area contributed by atoms with Crippen molar-refractivity contribution in [2.45, 2.75) is 12.6 Å². The van der Waals surface area contributed by atoms with E-state index in [0.29, 0.717) is 0 Å². The van der Waals surface area contributed by atoms with Gasteiger partial charge in [0.25, 0.3) is 0 Å². The third-order valence-corrected chi connectivity index (χ3v) is 3.23. The number of hydrogen-bond acceptors (Lipinski definition) is 2. The van der Waals surface area contributed by atoms with Gasteiger partial charge < -0.3 is 4.90 Å². The SMILES string of the molecule is C1=NC(c2ccccc2)CN1Cc1ccccc1. The van der Waals surface area contributed by atoms with Crippen molar-refractivity contribution in [1.29, 1.82) is 0 Å². The highest BCUT2D eigenvalue weighted by Crippen LogP contribution is 2.22. The van der Waals surface area contributed by atoms with Gasteiger partial charge in [0.2, 0.25) is 0 Å². The maximum atomic E-state index is 4.58. The quantitative estimate of drug-likeness (QED) is 0.798. The predicted octanol–water partition coefficient (Wildman–Crippen LogP) is 3.27. The topological polar surface area (TPSA) is 15.6 Å². The van der Waals surface area contributed by atoms with Crippen LogP contribution in [0.15, 0.2) is 65.7 Å². The fourth-order valence-electron chi connectivity index (χ4n) is 2.28. The average molecular weight is 236 g/mol. The van der Waals surface area contributed by atoms with E-state index in [1.165, 1.54) is 11.1 Å². The van der Waals surface area contributed by atoms with Gasteiger partial charge in [-0.05, 0) is 11.1 Å². The summed E-state index contributed by atoms with van der Waals surface area (Å²) in [6.45, 7) is 1.91. The molecule has 2 heteroatoms. The summed E-state index contributed by atoms with van der Waals surface area (Å²) in [7, 11) is 0. The Kier molecular flexibility index (Phi) is 3.09. The van der Waals surface area contributed by atoms with E-state index >= 15 is 0 Å². The lowest BCUT2D eigenvalue weighted by Gasteiger charge is -2.16. The fourth-order valence-corrected chi connectivity index (χ4v) is 2.28. The van der Waals surface area contributed by atoms with E-state index < -0.39 is 0 Å². The Morgan fingerprint density at radius 1 is 0.944 bits per heavy atom. The van der Waals surface area contributed by atoms with Crippen molar-refractivity contribution < 1.29 is 0 Å². The molecule has 2 nitrogen and oxygen atoms in total. The standard InChI is InChI=1S/C16H16N2/c1-3-7-14(8-4-1)11-18-12-16(17-13-18)15-9-5-2-6-10-15/h1-10,13,16H,11-12H2. The molecule has 2 aromatic carbocycles. The first kappa shape index (κ1) is 11.0. The summed E-state index contributed by atoms with van der Waals surface area (Å²) in [4.78, 5) is 6.86. The number of benzene rings is 2. The van der Waals surface area contributed by atoms with Gasteiger partial charge in [0, 0.05) is 13.1 Å². The van der Waals surface area contributed by atoms with Gasteiger partial charge in [-0.1, -0.05) is 60.7 Å². The highest BCUT2D eigenvalue weighted by molar-refractivity contribution is 5.58. The summed E-state index contributed by atoms with van der Waals surface area (Å²) in [5.74, 6) is 0. The second kappa shape index (κ2) is 5.05. The molecule has 1 aliphatic heterocycles. The fraction of sp³-hybridized carbons (Fsp3) is 0.188. The van der Waals surface area contributed by atoms with Crippen molar-refractivity contribution in [1.82, 2.24) is 4.90 Å². The third kappa shape index (κ3) is 2.43. The van der Waals surface area contributed by atoms with Crippen LogP contribution in [0.2, 0.25) is 0 Å². The summed E-state index contributed by atoms with van der Waals surface area (Å²) in [5.41, 5.74) is 2.63. The number of nitrogens with zero attached hydrogens (tertiary/aromatic N) is 2. The second-order valence-corrected chi connectivity index (χ2v) is 4.61. The molecule has 2 aromatic rings. The highest BCUT2D eigenvalue weighted by Gasteiger charge is 2.18. The molecule has 0 saturated heterocycles. The molecule has 0 radical (unpaired) electrons. The molecular formula is C16H16N2. The van der Waals surface area contributed by atoms with Gasteiger partial charge in [0.05, 0.1) is 12.4 Å². The van der Waals surface area contributed by atoms with Gasteiger partial charge in [0.1, 0.15) is 0 Å². The minimum atomic E-state index is 0.287. The molecule has 18 heavy (non-hydrogen) atoms. The largest absolute Gasteiger partial charge is 0.356 e. The number of hydrogen-bond donors (Lipinski definition) is 0. The third-order valence-electron chi connectivity index (χ3n) is 3.23. The first-order chi connectivity index (χ1) is 8.92. The number of aliphatic imine (C=N–C) groups is 1.